The number of hydrogen-bond acceptors (Lipinski definition) is 5. The Morgan fingerprint density at radius 1 is 1.00 bits per heavy atom. The topological polar surface area (TPSA) is 52.1 Å². The molecule has 0 N–H and O–H groups in total. The highest BCUT2D eigenvalue weighted by Crippen LogP contribution is 2.30. The highest BCUT2D eigenvalue weighted by Gasteiger charge is 2.13. The fourth-order valence-electron chi connectivity index (χ4n) is 2.95. The van der Waals surface area contributed by atoms with Crippen molar-refractivity contribution in [2.75, 3.05) is 12.9 Å². The van der Waals surface area contributed by atoms with Crippen molar-refractivity contribution in [1.29, 1.82) is 0 Å². The zero-order chi connectivity index (χ0) is 20.2. The summed E-state index contributed by atoms with van der Waals surface area (Å²) >= 11 is 7.52. The van der Waals surface area contributed by atoms with Gasteiger partial charge in [0.2, 0.25) is 0 Å². The van der Waals surface area contributed by atoms with Gasteiger partial charge in [0.05, 0.1) is 24.1 Å². The highest BCUT2D eigenvalue weighted by molar-refractivity contribution is 7.99. The summed E-state index contributed by atoms with van der Waals surface area (Å²) in [6.07, 6.45) is 0. The van der Waals surface area contributed by atoms with E-state index in [4.69, 9.17) is 21.3 Å². The maximum Gasteiger partial charge on any atom is 0.189 e. The third kappa shape index (κ3) is 4.42. The van der Waals surface area contributed by atoms with Crippen LogP contribution in [0.3, 0.4) is 0 Å². The van der Waals surface area contributed by atoms with Gasteiger partial charge in [0.25, 0.3) is 0 Å². The van der Waals surface area contributed by atoms with Gasteiger partial charge in [0, 0.05) is 21.5 Å². The average Bonchev–Trinajstić information content (AvgIpc) is 2.77. The summed E-state index contributed by atoms with van der Waals surface area (Å²) in [5.74, 6) is 0.983. The number of aromatic nitrogens is 2. The minimum atomic E-state index is 0.0127. The van der Waals surface area contributed by atoms with Crippen molar-refractivity contribution in [2.24, 2.45) is 0 Å². The fourth-order valence-corrected chi connectivity index (χ4v) is 3.87. The summed E-state index contributed by atoms with van der Waals surface area (Å²) in [7, 11) is 1.60. The van der Waals surface area contributed by atoms with Crippen molar-refractivity contribution in [2.45, 2.75) is 5.16 Å². The van der Waals surface area contributed by atoms with Gasteiger partial charge in [-0.2, -0.15) is 0 Å². The van der Waals surface area contributed by atoms with Crippen LogP contribution >= 0.6 is 23.4 Å². The Morgan fingerprint density at radius 3 is 2.48 bits per heavy atom. The molecule has 1 heterocycles. The van der Waals surface area contributed by atoms with Gasteiger partial charge in [0.1, 0.15) is 5.75 Å². The Kier molecular flexibility index (Phi) is 5.79. The van der Waals surface area contributed by atoms with Gasteiger partial charge < -0.3 is 4.74 Å². The van der Waals surface area contributed by atoms with Crippen LogP contribution in [0.2, 0.25) is 5.02 Å². The van der Waals surface area contributed by atoms with E-state index in [1.165, 1.54) is 11.8 Å². The molecule has 4 rings (SSSR count). The molecule has 0 atom stereocenters. The average molecular weight is 421 g/mol. The van der Waals surface area contributed by atoms with E-state index in [0.29, 0.717) is 15.7 Å². The Morgan fingerprint density at radius 2 is 1.76 bits per heavy atom. The number of ketones is 1. The van der Waals surface area contributed by atoms with E-state index in [1.54, 1.807) is 31.4 Å². The number of benzene rings is 3. The number of hydrogen-bond donors (Lipinski definition) is 0. The van der Waals surface area contributed by atoms with Gasteiger partial charge in [-0.05, 0) is 42.5 Å². The standard InChI is InChI=1S/C23H17ClN2O2S/c1-28-18-10-7-15(8-11-18)21(27)14-29-23-25-20-12-9-17(24)13-19(20)22(26-23)16-5-3-2-4-6-16/h2-13H,14H2,1H3. The molecule has 0 radical (unpaired) electrons. The summed E-state index contributed by atoms with van der Waals surface area (Å²) in [5, 5.41) is 2.07. The molecule has 0 amide bonds. The summed E-state index contributed by atoms with van der Waals surface area (Å²) < 4.78 is 5.14. The number of carbonyl (C=O) groups excluding carboxylic acids is 1. The number of Topliss-reactive ketones (excluding diaryl/α,β-unsaturated/α-hetero) is 1. The van der Waals surface area contributed by atoms with Gasteiger partial charge in [-0.15, -0.1) is 0 Å². The molecule has 0 saturated carbocycles. The maximum absolute atomic E-state index is 12.5. The molecule has 0 aliphatic rings. The molecule has 6 heteroatoms. The summed E-state index contributed by atoms with van der Waals surface area (Å²) in [5.41, 5.74) is 3.21. The third-order valence-corrected chi connectivity index (χ3v) is 5.51. The van der Waals surface area contributed by atoms with Gasteiger partial charge in [-0.3, -0.25) is 4.79 Å². The normalized spacial score (nSPS) is 10.8. The largest absolute Gasteiger partial charge is 0.497 e. The molecule has 0 aliphatic carbocycles. The second kappa shape index (κ2) is 8.64. The molecule has 0 fully saturated rings. The van der Waals surface area contributed by atoms with E-state index in [1.807, 2.05) is 48.5 Å². The van der Waals surface area contributed by atoms with Gasteiger partial charge in [-0.1, -0.05) is 53.7 Å². The van der Waals surface area contributed by atoms with Crippen LogP contribution in [0.1, 0.15) is 10.4 Å². The quantitative estimate of drug-likeness (QED) is 0.220. The molecule has 0 unspecified atom stereocenters. The van der Waals surface area contributed by atoms with Crippen LogP contribution in [0.15, 0.2) is 78.0 Å². The number of fused-ring (bicyclic) bond motifs is 1. The number of carbonyl (C=O) groups is 1. The third-order valence-electron chi connectivity index (χ3n) is 4.43. The van der Waals surface area contributed by atoms with Crippen LogP contribution in [0.25, 0.3) is 22.2 Å². The van der Waals surface area contributed by atoms with Crippen LogP contribution < -0.4 is 4.74 Å². The minimum absolute atomic E-state index is 0.0127. The van der Waals surface area contributed by atoms with Crippen LogP contribution in [-0.2, 0) is 0 Å². The predicted octanol–water partition coefficient (Wildman–Crippen LogP) is 5.93. The smallest absolute Gasteiger partial charge is 0.189 e. The Labute approximate surface area is 177 Å². The van der Waals surface area contributed by atoms with Gasteiger partial charge >= 0.3 is 0 Å². The summed E-state index contributed by atoms with van der Waals surface area (Å²) in [6.45, 7) is 0. The predicted molar refractivity (Wildman–Crippen MR) is 118 cm³/mol. The van der Waals surface area contributed by atoms with E-state index >= 15 is 0 Å². The Balaban J connectivity index is 1.63. The van der Waals surface area contributed by atoms with E-state index < -0.39 is 0 Å². The van der Waals surface area contributed by atoms with E-state index in [-0.39, 0.29) is 11.5 Å². The molecule has 144 valence electrons. The van der Waals surface area contributed by atoms with Crippen LogP contribution in [0.4, 0.5) is 0 Å². The summed E-state index contributed by atoms with van der Waals surface area (Å²) in [6, 6.07) is 22.5. The fraction of sp³-hybridized carbons (Fsp3) is 0.0870. The first-order valence-electron chi connectivity index (χ1n) is 8.97. The Hall–Kier alpha value is -2.89. The number of nitrogens with zero attached hydrogens (tertiary/aromatic N) is 2. The first-order chi connectivity index (χ1) is 14.1. The lowest BCUT2D eigenvalue weighted by Gasteiger charge is -2.09. The van der Waals surface area contributed by atoms with Gasteiger partial charge in [0.15, 0.2) is 10.9 Å². The molecular weight excluding hydrogens is 404 g/mol. The molecule has 0 spiro atoms. The SMILES string of the molecule is COc1ccc(C(=O)CSc2nc(-c3ccccc3)c3cc(Cl)ccc3n2)cc1. The van der Waals surface area contributed by atoms with Crippen molar-refractivity contribution < 1.29 is 9.53 Å². The minimum Gasteiger partial charge on any atom is -0.497 e. The molecule has 4 aromatic rings. The molecule has 0 bridgehead atoms. The van der Waals surface area contributed by atoms with Crippen molar-refractivity contribution in [1.82, 2.24) is 9.97 Å². The number of ether oxygens (including phenoxy) is 1. The first-order valence-corrected chi connectivity index (χ1v) is 10.3. The van der Waals surface area contributed by atoms with E-state index in [0.717, 1.165) is 27.9 Å². The number of methoxy groups -OCH3 is 1. The number of halogens is 1. The number of thioether (sulfide) groups is 1. The van der Waals surface area contributed by atoms with Crippen molar-refractivity contribution in [3.8, 4) is 17.0 Å². The van der Waals surface area contributed by atoms with Crippen LogP contribution in [0.5, 0.6) is 5.75 Å². The highest BCUT2D eigenvalue weighted by atomic mass is 35.5. The molecule has 0 saturated heterocycles. The second-order valence-corrected chi connectivity index (χ2v) is 7.70. The molecular formula is C23H17ClN2O2S. The zero-order valence-electron chi connectivity index (χ0n) is 15.6. The molecule has 1 aromatic heterocycles. The van der Waals surface area contributed by atoms with Crippen molar-refractivity contribution in [3.63, 3.8) is 0 Å². The number of rotatable bonds is 6. The Bertz CT molecular complexity index is 1160. The van der Waals surface area contributed by atoms with Crippen LogP contribution in [0, 0.1) is 0 Å². The molecule has 29 heavy (non-hydrogen) atoms. The summed E-state index contributed by atoms with van der Waals surface area (Å²) in [4.78, 5) is 21.9. The lowest BCUT2D eigenvalue weighted by Crippen LogP contribution is -2.03. The van der Waals surface area contributed by atoms with E-state index in [9.17, 15) is 4.79 Å². The molecule has 4 nitrogen and oxygen atoms in total. The zero-order valence-corrected chi connectivity index (χ0v) is 17.2. The van der Waals surface area contributed by atoms with Gasteiger partial charge in [-0.25, -0.2) is 9.97 Å². The van der Waals surface area contributed by atoms with E-state index in [2.05, 4.69) is 4.98 Å². The van der Waals surface area contributed by atoms with Crippen molar-refractivity contribution >= 4 is 40.0 Å². The lowest BCUT2D eigenvalue weighted by molar-refractivity contribution is 0.102. The first kappa shape index (κ1) is 19.4. The van der Waals surface area contributed by atoms with Crippen molar-refractivity contribution in [3.05, 3.63) is 83.4 Å². The maximum atomic E-state index is 12.5. The molecule has 0 aliphatic heterocycles. The second-order valence-electron chi connectivity index (χ2n) is 6.32. The molecule has 3 aromatic carbocycles. The van der Waals surface area contributed by atoms with Crippen LogP contribution in [-0.4, -0.2) is 28.6 Å². The lowest BCUT2D eigenvalue weighted by atomic mass is 10.1. The monoisotopic (exact) mass is 420 g/mol.